The minimum atomic E-state index is -3.91. The number of sulfonamides is 1. The molecule has 1 unspecified atom stereocenters. The molecular formula is C34H46N6O10S. The van der Waals surface area contributed by atoms with E-state index < -0.39 is 86.2 Å². The van der Waals surface area contributed by atoms with Crippen molar-refractivity contribution in [3.8, 4) is 11.5 Å². The van der Waals surface area contributed by atoms with Crippen LogP contribution in [0.15, 0.2) is 24.8 Å². The van der Waals surface area contributed by atoms with Gasteiger partial charge in [0.1, 0.15) is 23.7 Å². The smallest absolute Gasteiger partial charge is 0.410 e. The van der Waals surface area contributed by atoms with E-state index in [9.17, 15) is 32.4 Å². The molecule has 16 nitrogen and oxygen atoms in total. The van der Waals surface area contributed by atoms with Crippen molar-refractivity contribution in [2.24, 2.45) is 11.8 Å². The Kier molecular flexibility index (Phi) is 9.40. The zero-order chi connectivity index (χ0) is 37.0. The Labute approximate surface area is 297 Å². The molecule has 3 fully saturated rings. The van der Waals surface area contributed by atoms with Gasteiger partial charge in [0.05, 0.1) is 11.8 Å². The van der Waals surface area contributed by atoms with Gasteiger partial charge in [-0.05, 0) is 69.2 Å². The first-order valence-electron chi connectivity index (χ1n) is 17.2. The van der Waals surface area contributed by atoms with Crippen LogP contribution >= 0.6 is 0 Å². The van der Waals surface area contributed by atoms with Crippen molar-refractivity contribution in [1.82, 2.24) is 30.5 Å². The SMILES string of the molecule is C=C[C@H]1C[C@@]1(NC(=O)C1C[C@@H](OC(=O)N2Cc3cc4c(cc3C2)OCO4)CN1C(=O)[C@@H](NC(=O)NC(C)(C)C)C(C)C)C(=O)NS(=O)(=O)C1CC1. The molecule has 1 saturated heterocycles. The number of nitrogens with zero attached hydrogens (tertiary/aromatic N) is 2. The van der Waals surface area contributed by atoms with Crippen molar-refractivity contribution in [3.05, 3.63) is 35.9 Å². The van der Waals surface area contributed by atoms with E-state index >= 15 is 0 Å². The van der Waals surface area contributed by atoms with Crippen LogP contribution in [0, 0.1) is 11.8 Å². The molecule has 0 spiro atoms. The van der Waals surface area contributed by atoms with Gasteiger partial charge in [-0.25, -0.2) is 18.0 Å². The molecule has 5 aliphatic rings. The van der Waals surface area contributed by atoms with Crippen LogP contribution in [-0.2, 0) is 42.2 Å². The fourth-order valence-corrected chi connectivity index (χ4v) is 8.10. The van der Waals surface area contributed by atoms with E-state index in [4.69, 9.17) is 14.2 Å². The van der Waals surface area contributed by atoms with E-state index in [2.05, 4.69) is 27.3 Å². The van der Waals surface area contributed by atoms with Gasteiger partial charge < -0.3 is 35.1 Å². The van der Waals surface area contributed by atoms with Gasteiger partial charge in [0.25, 0.3) is 5.91 Å². The number of likely N-dealkylation sites (tertiary alicyclic amines) is 1. The third kappa shape index (κ3) is 7.58. The van der Waals surface area contributed by atoms with Gasteiger partial charge in [-0.2, -0.15) is 0 Å². The maximum atomic E-state index is 14.2. The van der Waals surface area contributed by atoms with Crippen molar-refractivity contribution in [2.75, 3.05) is 13.3 Å². The molecule has 2 aliphatic carbocycles. The van der Waals surface area contributed by atoms with Gasteiger partial charge >= 0.3 is 12.1 Å². The lowest BCUT2D eigenvalue weighted by molar-refractivity contribution is -0.141. The molecule has 6 amide bonds. The van der Waals surface area contributed by atoms with Crippen LogP contribution in [0.1, 0.15) is 71.4 Å². The quantitative estimate of drug-likeness (QED) is 0.257. The number of fused-ring (bicyclic) bond motifs is 2. The van der Waals surface area contributed by atoms with Crippen molar-refractivity contribution < 1.29 is 46.6 Å². The van der Waals surface area contributed by atoms with E-state index in [1.807, 2.05) is 12.1 Å². The summed E-state index contributed by atoms with van der Waals surface area (Å²) < 4.78 is 44.2. The molecule has 0 bridgehead atoms. The lowest BCUT2D eigenvalue weighted by Gasteiger charge is -2.32. The highest BCUT2D eigenvalue weighted by Gasteiger charge is 2.62. The predicted octanol–water partition coefficient (Wildman–Crippen LogP) is 1.63. The predicted molar refractivity (Wildman–Crippen MR) is 182 cm³/mol. The molecule has 4 N–H and O–H groups in total. The number of benzene rings is 1. The Hall–Kier alpha value is -4.54. The van der Waals surface area contributed by atoms with Crippen molar-refractivity contribution >= 4 is 39.9 Å². The Morgan fingerprint density at radius 2 is 1.69 bits per heavy atom. The van der Waals surface area contributed by atoms with Crippen LogP contribution in [0.4, 0.5) is 9.59 Å². The normalized spacial score (nSPS) is 25.5. The van der Waals surface area contributed by atoms with Crippen LogP contribution in [-0.4, -0.2) is 95.9 Å². The van der Waals surface area contributed by atoms with Gasteiger partial charge in [0, 0.05) is 31.0 Å². The number of amides is 6. The first-order valence-corrected chi connectivity index (χ1v) is 18.7. The monoisotopic (exact) mass is 730 g/mol. The highest BCUT2D eigenvalue weighted by Crippen LogP contribution is 2.45. The molecule has 1 aromatic carbocycles. The second-order valence-electron chi connectivity index (χ2n) is 15.3. The second kappa shape index (κ2) is 13.2. The number of nitrogens with one attached hydrogen (secondary N) is 4. The van der Waals surface area contributed by atoms with Crippen LogP contribution in [0.25, 0.3) is 0 Å². The highest BCUT2D eigenvalue weighted by atomic mass is 32.2. The molecule has 2 saturated carbocycles. The third-order valence-corrected chi connectivity index (χ3v) is 11.6. The highest BCUT2D eigenvalue weighted by molar-refractivity contribution is 7.91. The number of rotatable bonds is 10. The maximum Gasteiger partial charge on any atom is 0.410 e. The molecule has 6 rings (SSSR count). The van der Waals surface area contributed by atoms with Crippen LogP contribution in [0.3, 0.4) is 0 Å². The van der Waals surface area contributed by atoms with Gasteiger partial charge in [-0.1, -0.05) is 19.9 Å². The molecule has 17 heteroatoms. The Morgan fingerprint density at radius 3 is 2.22 bits per heavy atom. The van der Waals surface area contributed by atoms with Crippen molar-refractivity contribution in [2.45, 2.75) is 108 Å². The zero-order valence-corrected chi connectivity index (χ0v) is 30.3. The average Bonchev–Trinajstić information content (AvgIpc) is 3.86. The molecule has 1 aromatic rings. The van der Waals surface area contributed by atoms with Gasteiger partial charge in [0.2, 0.25) is 28.6 Å². The summed E-state index contributed by atoms with van der Waals surface area (Å²) in [5.41, 5.74) is -0.413. The van der Waals surface area contributed by atoms with E-state index in [0.29, 0.717) is 24.3 Å². The molecule has 278 valence electrons. The Bertz CT molecular complexity index is 1720. The van der Waals surface area contributed by atoms with Crippen LogP contribution in [0.2, 0.25) is 0 Å². The summed E-state index contributed by atoms with van der Waals surface area (Å²) in [5.74, 6) is -1.93. The minimum absolute atomic E-state index is 0.101. The molecule has 0 aromatic heterocycles. The second-order valence-corrected chi connectivity index (χ2v) is 17.3. The first-order chi connectivity index (χ1) is 23.9. The summed E-state index contributed by atoms with van der Waals surface area (Å²) in [6.45, 7) is 13.1. The average molecular weight is 731 g/mol. The fourth-order valence-electron chi connectivity index (χ4n) is 6.74. The number of carbonyl (C=O) groups excluding carboxylic acids is 5. The zero-order valence-electron chi connectivity index (χ0n) is 29.4. The molecule has 0 radical (unpaired) electrons. The summed E-state index contributed by atoms with van der Waals surface area (Å²) in [5, 5.41) is 7.56. The number of urea groups is 1. The summed E-state index contributed by atoms with van der Waals surface area (Å²) >= 11 is 0. The van der Waals surface area contributed by atoms with Crippen molar-refractivity contribution in [1.29, 1.82) is 0 Å². The maximum absolute atomic E-state index is 14.2. The summed E-state index contributed by atoms with van der Waals surface area (Å²) in [6.07, 6.45) is 0.812. The van der Waals surface area contributed by atoms with Crippen molar-refractivity contribution in [3.63, 3.8) is 0 Å². The lowest BCUT2D eigenvalue weighted by Crippen LogP contribution is -2.60. The fraction of sp³-hybridized carbons (Fsp3) is 0.618. The summed E-state index contributed by atoms with van der Waals surface area (Å²) in [6, 6.07) is 0.804. The van der Waals surface area contributed by atoms with Gasteiger partial charge in [-0.15, -0.1) is 6.58 Å². The summed E-state index contributed by atoms with van der Waals surface area (Å²) in [7, 11) is -3.91. The van der Waals surface area contributed by atoms with E-state index in [1.54, 1.807) is 34.6 Å². The lowest BCUT2D eigenvalue weighted by atomic mass is 10.0. The van der Waals surface area contributed by atoms with E-state index in [-0.39, 0.29) is 39.3 Å². The number of carbonyl (C=O) groups is 5. The van der Waals surface area contributed by atoms with Crippen LogP contribution in [0.5, 0.6) is 11.5 Å². The molecular weight excluding hydrogens is 684 g/mol. The molecule has 5 atom stereocenters. The number of ether oxygens (including phenoxy) is 3. The summed E-state index contributed by atoms with van der Waals surface area (Å²) in [4.78, 5) is 70.7. The molecule has 3 aliphatic heterocycles. The first kappa shape index (κ1) is 36.3. The minimum Gasteiger partial charge on any atom is -0.454 e. The van der Waals surface area contributed by atoms with E-state index in [0.717, 1.165) is 11.1 Å². The number of hydrogen-bond acceptors (Lipinski definition) is 10. The standard InChI is InChI=1S/C34H46N6O10S/c1-7-21-13-34(21,30(43)38-51(46,47)23-8-9-23)36-28(41)24-12-22(16-40(24)29(42)27(18(2)3)35-31(44)37-33(4,5)6)50-32(45)39-14-19-10-25-26(49-17-48-25)11-20(19)15-39/h7,10-11,18,21-24,27H,1,8-9,12-17H2,2-6H3,(H,36,41)(H,38,43)(H2,35,37,44)/t21-,22+,24?,27-,34-/m0/s1. The van der Waals surface area contributed by atoms with Crippen LogP contribution < -0.4 is 30.1 Å². The number of hydrogen-bond donors (Lipinski definition) is 4. The Balaban J connectivity index is 1.20. The molecule has 51 heavy (non-hydrogen) atoms. The van der Waals surface area contributed by atoms with Gasteiger partial charge in [-0.3, -0.25) is 24.0 Å². The largest absolute Gasteiger partial charge is 0.454 e. The third-order valence-electron chi connectivity index (χ3n) is 9.75. The Morgan fingerprint density at radius 1 is 1.06 bits per heavy atom. The van der Waals surface area contributed by atoms with Gasteiger partial charge in [0.15, 0.2) is 11.5 Å². The topological polar surface area (TPSA) is 202 Å². The van der Waals surface area contributed by atoms with E-state index in [1.165, 1.54) is 15.9 Å². The molecule has 3 heterocycles.